The number of rotatable bonds is 9. The molecule has 6 nitrogen and oxygen atoms in total. The van der Waals surface area contributed by atoms with Crippen LogP contribution in [0.2, 0.25) is 0 Å². The third-order valence-corrected chi connectivity index (χ3v) is 5.11. The highest BCUT2D eigenvalue weighted by Gasteiger charge is 2.20. The van der Waals surface area contributed by atoms with E-state index in [0.29, 0.717) is 40.4 Å². The molecule has 0 aliphatic rings. The minimum absolute atomic E-state index is 0.00580. The van der Waals surface area contributed by atoms with E-state index >= 15 is 0 Å². The van der Waals surface area contributed by atoms with Gasteiger partial charge in [0.15, 0.2) is 17.6 Å². The number of carbonyl (C=O) groups excluding carboxylic acids is 2. The van der Waals surface area contributed by atoms with Gasteiger partial charge >= 0.3 is 5.97 Å². The number of carbonyl (C=O) groups is 2. The number of anilines is 1. The van der Waals surface area contributed by atoms with E-state index in [-0.39, 0.29) is 12.3 Å². The van der Waals surface area contributed by atoms with E-state index in [1.807, 2.05) is 45.9 Å². The molecular weight excluding hydrogens is 450 g/mol. The van der Waals surface area contributed by atoms with Crippen LogP contribution in [-0.2, 0) is 20.7 Å². The molecular formula is C23H28BrNO5. The topological polar surface area (TPSA) is 73.9 Å². The van der Waals surface area contributed by atoms with Crippen LogP contribution in [0.25, 0.3) is 0 Å². The van der Waals surface area contributed by atoms with Crippen LogP contribution in [0.3, 0.4) is 0 Å². The molecule has 2 aromatic carbocycles. The van der Waals surface area contributed by atoms with Crippen LogP contribution in [0.4, 0.5) is 5.69 Å². The second kappa shape index (κ2) is 11.0. The molecule has 0 aromatic heterocycles. The Morgan fingerprint density at radius 3 is 2.30 bits per heavy atom. The zero-order valence-corrected chi connectivity index (χ0v) is 19.6. The van der Waals surface area contributed by atoms with Crippen molar-refractivity contribution >= 4 is 33.5 Å². The zero-order valence-electron chi connectivity index (χ0n) is 18.0. The minimum Gasteiger partial charge on any atom is -0.490 e. The number of ether oxygens (including phenoxy) is 3. The van der Waals surface area contributed by atoms with E-state index in [0.717, 1.165) is 11.1 Å². The summed E-state index contributed by atoms with van der Waals surface area (Å²) in [5.74, 6) is 0.277. The molecule has 2 aromatic rings. The molecule has 0 saturated carbocycles. The van der Waals surface area contributed by atoms with Gasteiger partial charge in [0.2, 0.25) is 0 Å². The number of benzene rings is 2. The second-order valence-electron chi connectivity index (χ2n) is 6.87. The van der Waals surface area contributed by atoms with E-state index in [1.54, 1.807) is 19.1 Å². The van der Waals surface area contributed by atoms with Gasteiger partial charge in [0.1, 0.15) is 0 Å². The van der Waals surface area contributed by atoms with Crippen molar-refractivity contribution in [3.63, 3.8) is 0 Å². The molecule has 0 saturated heterocycles. The lowest BCUT2D eigenvalue weighted by Crippen LogP contribution is -2.30. The van der Waals surface area contributed by atoms with E-state index in [9.17, 15) is 9.59 Å². The highest BCUT2D eigenvalue weighted by molar-refractivity contribution is 9.10. The molecule has 30 heavy (non-hydrogen) atoms. The zero-order chi connectivity index (χ0) is 22.3. The summed E-state index contributed by atoms with van der Waals surface area (Å²) < 4.78 is 17.2. The van der Waals surface area contributed by atoms with Gasteiger partial charge in [-0.2, -0.15) is 0 Å². The summed E-state index contributed by atoms with van der Waals surface area (Å²) in [6.45, 7) is 10.1. The Hall–Kier alpha value is -2.54. The van der Waals surface area contributed by atoms with Crippen LogP contribution in [0.15, 0.2) is 34.8 Å². The molecule has 0 aliphatic heterocycles. The Morgan fingerprint density at radius 2 is 1.67 bits per heavy atom. The van der Waals surface area contributed by atoms with Crippen LogP contribution in [0.5, 0.6) is 11.5 Å². The number of halogens is 1. The predicted octanol–water partition coefficient (Wildman–Crippen LogP) is 4.98. The van der Waals surface area contributed by atoms with Gasteiger partial charge in [-0.1, -0.05) is 28.1 Å². The van der Waals surface area contributed by atoms with Crippen molar-refractivity contribution < 1.29 is 23.8 Å². The third kappa shape index (κ3) is 6.49. The molecule has 1 N–H and O–H groups in total. The monoisotopic (exact) mass is 477 g/mol. The van der Waals surface area contributed by atoms with Crippen molar-refractivity contribution in [2.45, 2.75) is 47.1 Å². The standard InChI is InChI=1S/C23H28BrNO5/c1-6-28-20-11-17(18(24)13-21(20)29-7-2)12-22(26)30-16(5)23(27)25-19-10-14(3)8-9-15(19)4/h8-11,13,16H,6-7,12H2,1-5H3,(H,25,27). The van der Waals surface area contributed by atoms with Crippen LogP contribution in [0, 0.1) is 13.8 Å². The number of aryl methyl sites for hydroxylation is 2. The molecule has 0 fully saturated rings. The summed E-state index contributed by atoms with van der Waals surface area (Å²) in [6.07, 6.45) is -0.931. The fourth-order valence-corrected chi connectivity index (χ4v) is 3.26. The van der Waals surface area contributed by atoms with E-state index in [4.69, 9.17) is 14.2 Å². The van der Waals surface area contributed by atoms with Gasteiger partial charge in [0.05, 0.1) is 19.6 Å². The van der Waals surface area contributed by atoms with Gasteiger partial charge < -0.3 is 19.5 Å². The van der Waals surface area contributed by atoms with Crippen LogP contribution >= 0.6 is 15.9 Å². The van der Waals surface area contributed by atoms with E-state index in [1.165, 1.54) is 0 Å². The van der Waals surface area contributed by atoms with Crippen molar-refractivity contribution in [2.24, 2.45) is 0 Å². The Balaban J connectivity index is 2.04. The highest BCUT2D eigenvalue weighted by atomic mass is 79.9. The van der Waals surface area contributed by atoms with Gasteiger partial charge in [0.25, 0.3) is 5.91 Å². The Labute approximate surface area is 186 Å². The molecule has 1 atom stereocenters. The molecule has 0 aliphatic carbocycles. The number of esters is 1. The van der Waals surface area contributed by atoms with Gasteiger partial charge in [-0.25, -0.2) is 0 Å². The molecule has 0 heterocycles. The van der Waals surface area contributed by atoms with Gasteiger partial charge in [-0.15, -0.1) is 0 Å². The number of hydrogen-bond acceptors (Lipinski definition) is 5. The lowest BCUT2D eigenvalue weighted by atomic mass is 10.1. The van der Waals surface area contributed by atoms with E-state index < -0.39 is 12.1 Å². The summed E-state index contributed by atoms with van der Waals surface area (Å²) in [5, 5.41) is 2.82. The largest absolute Gasteiger partial charge is 0.490 e. The quantitative estimate of drug-likeness (QED) is 0.515. The lowest BCUT2D eigenvalue weighted by molar-refractivity contribution is -0.152. The summed E-state index contributed by atoms with van der Waals surface area (Å²) in [5.41, 5.74) is 3.37. The van der Waals surface area contributed by atoms with Crippen LogP contribution in [-0.4, -0.2) is 31.2 Å². The smallest absolute Gasteiger partial charge is 0.311 e. The highest BCUT2D eigenvalue weighted by Crippen LogP contribution is 2.34. The summed E-state index contributed by atoms with van der Waals surface area (Å²) in [4.78, 5) is 24.9. The van der Waals surface area contributed by atoms with Crippen molar-refractivity contribution in [2.75, 3.05) is 18.5 Å². The number of amides is 1. The van der Waals surface area contributed by atoms with Crippen LogP contribution in [0.1, 0.15) is 37.5 Å². The van der Waals surface area contributed by atoms with Crippen molar-refractivity contribution in [1.82, 2.24) is 0 Å². The molecule has 0 radical (unpaired) electrons. The average Bonchev–Trinajstić information content (AvgIpc) is 2.68. The molecule has 2 rings (SSSR count). The van der Waals surface area contributed by atoms with Gasteiger partial charge in [-0.05, 0) is 69.5 Å². The molecule has 7 heteroatoms. The SMILES string of the molecule is CCOc1cc(Br)c(CC(=O)OC(C)C(=O)Nc2cc(C)ccc2C)cc1OCC. The molecule has 1 amide bonds. The maximum absolute atomic E-state index is 12.5. The van der Waals surface area contributed by atoms with Crippen LogP contribution < -0.4 is 14.8 Å². The first-order valence-electron chi connectivity index (χ1n) is 9.90. The second-order valence-corrected chi connectivity index (χ2v) is 7.73. The Bertz CT molecular complexity index is 913. The molecule has 0 bridgehead atoms. The first kappa shape index (κ1) is 23.7. The van der Waals surface area contributed by atoms with E-state index in [2.05, 4.69) is 21.2 Å². The van der Waals surface area contributed by atoms with Crippen molar-refractivity contribution in [1.29, 1.82) is 0 Å². The lowest BCUT2D eigenvalue weighted by Gasteiger charge is -2.16. The maximum atomic E-state index is 12.5. The van der Waals surface area contributed by atoms with Crippen molar-refractivity contribution in [3.8, 4) is 11.5 Å². The average molecular weight is 478 g/mol. The first-order valence-corrected chi connectivity index (χ1v) is 10.7. The summed E-state index contributed by atoms with van der Waals surface area (Å²) in [7, 11) is 0. The Kier molecular flexibility index (Phi) is 8.72. The fraction of sp³-hybridized carbons (Fsp3) is 0.391. The van der Waals surface area contributed by atoms with Gasteiger partial charge in [0, 0.05) is 10.2 Å². The Morgan fingerprint density at radius 1 is 1.03 bits per heavy atom. The maximum Gasteiger partial charge on any atom is 0.311 e. The molecule has 162 valence electrons. The predicted molar refractivity (Wildman–Crippen MR) is 120 cm³/mol. The summed E-state index contributed by atoms with van der Waals surface area (Å²) >= 11 is 3.46. The van der Waals surface area contributed by atoms with Crippen molar-refractivity contribution in [3.05, 3.63) is 51.5 Å². The summed E-state index contributed by atoms with van der Waals surface area (Å²) in [6, 6.07) is 9.31. The number of nitrogens with one attached hydrogen (secondary N) is 1. The molecule has 0 spiro atoms. The fourth-order valence-electron chi connectivity index (χ4n) is 2.80. The molecule has 1 unspecified atom stereocenters. The third-order valence-electron chi connectivity index (χ3n) is 4.38. The normalized spacial score (nSPS) is 11.5. The van der Waals surface area contributed by atoms with Gasteiger partial charge in [-0.3, -0.25) is 9.59 Å². The minimum atomic E-state index is -0.926. The first-order chi connectivity index (χ1) is 14.2. The number of hydrogen-bond donors (Lipinski definition) is 1.